The summed E-state index contributed by atoms with van der Waals surface area (Å²) in [6.07, 6.45) is 6.13. The Morgan fingerprint density at radius 1 is 1.11 bits per heavy atom. The van der Waals surface area contributed by atoms with Crippen molar-refractivity contribution in [2.45, 2.75) is 56.7 Å². The minimum atomic E-state index is -0.158. The van der Waals surface area contributed by atoms with Gasteiger partial charge in [0, 0.05) is 32.1 Å². The fraction of sp³-hybridized carbons (Fsp3) is 0.857. The summed E-state index contributed by atoms with van der Waals surface area (Å²) in [5, 5.41) is 3.53. The Kier molecular flexibility index (Phi) is 3.58. The average molecular weight is 265 g/mol. The number of imide groups is 1. The number of carbonyl (C=O) groups is 2. The quantitative estimate of drug-likeness (QED) is 0.732. The molecule has 1 N–H and O–H groups in total. The molecule has 3 fully saturated rings. The summed E-state index contributed by atoms with van der Waals surface area (Å²) in [6, 6.07) is 0.870. The van der Waals surface area contributed by atoms with Crippen LogP contribution >= 0.6 is 0 Å². The molecule has 3 unspecified atom stereocenters. The van der Waals surface area contributed by atoms with Gasteiger partial charge in [-0.1, -0.05) is 6.42 Å². The van der Waals surface area contributed by atoms with Gasteiger partial charge in [-0.05, 0) is 32.2 Å². The van der Waals surface area contributed by atoms with E-state index < -0.39 is 0 Å². The third-order valence-corrected chi connectivity index (χ3v) is 4.92. The van der Waals surface area contributed by atoms with Crippen molar-refractivity contribution in [2.24, 2.45) is 0 Å². The van der Waals surface area contributed by atoms with Crippen molar-refractivity contribution in [1.29, 1.82) is 0 Å². The molecule has 0 saturated carbocycles. The predicted molar refractivity (Wildman–Crippen MR) is 71.6 cm³/mol. The van der Waals surface area contributed by atoms with Crippen LogP contribution in [0.5, 0.6) is 0 Å². The molecule has 3 aliphatic rings. The lowest BCUT2D eigenvalue weighted by Crippen LogP contribution is -2.56. The smallest absolute Gasteiger partial charge is 0.246 e. The predicted octanol–water partition coefficient (Wildman–Crippen LogP) is 0.350. The Balaban J connectivity index is 1.62. The van der Waals surface area contributed by atoms with Gasteiger partial charge in [0.1, 0.15) is 0 Å². The number of hydrogen-bond acceptors (Lipinski definition) is 4. The molecule has 0 aromatic heterocycles. The molecule has 3 heterocycles. The van der Waals surface area contributed by atoms with Gasteiger partial charge >= 0.3 is 0 Å². The van der Waals surface area contributed by atoms with Crippen LogP contribution in [0.3, 0.4) is 0 Å². The van der Waals surface area contributed by atoms with E-state index in [1.807, 2.05) is 0 Å². The molecule has 0 aromatic carbocycles. The summed E-state index contributed by atoms with van der Waals surface area (Å²) in [5.41, 5.74) is 0. The maximum atomic E-state index is 12.1. The second-order valence-electron chi connectivity index (χ2n) is 6.04. The molecule has 0 bridgehead atoms. The van der Waals surface area contributed by atoms with E-state index in [9.17, 15) is 9.59 Å². The minimum Gasteiger partial charge on any atom is -0.301 e. The van der Waals surface area contributed by atoms with Gasteiger partial charge in [0.25, 0.3) is 0 Å². The average Bonchev–Trinajstić information content (AvgIpc) is 2.83. The van der Waals surface area contributed by atoms with Gasteiger partial charge in [-0.3, -0.25) is 19.4 Å². The lowest BCUT2D eigenvalue weighted by atomic mass is 9.96. The van der Waals surface area contributed by atoms with E-state index in [0.29, 0.717) is 24.9 Å². The zero-order valence-electron chi connectivity index (χ0n) is 11.6. The molecule has 3 aliphatic heterocycles. The van der Waals surface area contributed by atoms with E-state index in [1.165, 1.54) is 30.7 Å². The molecule has 3 saturated heterocycles. The maximum absolute atomic E-state index is 12.1. The Morgan fingerprint density at radius 3 is 2.79 bits per heavy atom. The number of likely N-dealkylation sites (N-methyl/N-ethyl adjacent to an activating group) is 1. The molecule has 19 heavy (non-hydrogen) atoms. The summed E-state index contributed by atoms with van der Waals surface area (Å²) < 4.78 is 0. The summed E-state index contributed by atoms with van der Waals surface area (Å²) in [6.45, 7) is 2.36. The van der Waals surface area contributed by atoms with Crippen molar-refractivity contribution >= 4 is 11.8 Å². The van der Waals surface area contributed by atoms with E-state index in [1.54, 1.807) is 7.05 Å². The van der Waals surface area contributed by atoms with Gasteiger partial charge in [-0.25, -0.2) is 0 Å². The highest BCUT2D eigenvalue weighted by Crippen LogP contribution is 2.28. The molecule has 0 aromatic rings. The Labute approximate surface area is 114 Å². The molecular formula is C14H23N3O2. The number of hydrogen-bond donors (Lipinski definition) is 1. The van der Waals surface area contributed by atoms with Gasteiger partial charge in [0.2, 0.25) is 11.8 Å². The van der Waals surface area contributed by atoms with E-state index in [4.69, 9.17) is 0 Å². The second kappa shape index (κ2) is 5.21. The monoisotopic (exact) mass is 265 g/mol. The molecule has 106 valence electrons. The van der Waals surface area contributed by atoms with Crippen molar-refractivity contribution in [3.05, 3.63) is 0 Å². The van der Waals surface area contributed by atoms with Crippen LogP contribution in [0.2, 0.25) is 0 Å². The van der Waals surface area contributed by atoms with Gasteiger partial charge in [0.15, 0.2) is 0 Å². The molecule has 0 radical (unpaired) electrons. The van der Waals surface area contributed by atoms with E-state index in [-0.39, 0.29) is 17.9 Å². The normalized spacial score (nSPS) is 36.7. The fourth-order valence-electron chi connectivity index (χ4n) is 3.77. The highest BCUT2D eigenvalue weighted by atomic mass is 16.2. The van der Waals surface area contributed by atoms with Crippen molar-refractivity contribution in [3.8, 4) is 0 Å². The molecule has 3 rings (SSSR count). The first-order chi connectivity index (χ1) is 9.16. The van der Waals surface area contributed by atoms with Gasteiger partial charge < -0.3 is 5.32 Å². The third-order valence-electron chi connectivity index (χ3n) is 4.92. The first-order valence-corrected chi connectivity index (χ1v) is 7.47. The highest BCUT2D eigenvalue weighted by Gasteiger charge is 2.39. The van der Waals surface area contributed by atoms with Gasteiger partial charge in [-0.15, -0.1) is 0 Å². The minimum absolute atomic E-state index is 0.0474. The van der Waals surface area contributed by atoms with E-state index in [2.05, 4.69) is 10.2 Å². The van der Waals surface area contributed by atoms with E-state index in [0.717, 1.165) is 13.0 Å². The molecular weight excluding hydrogens is 242 g/mol. The number of likely N-dealkylation sites (tertiary alicyclic amines) is 1. The number of carbonyl (C=O) groups excluding carboxylic acids is 2. The lowest BCUT2D eigenvalue weighted by Gasteiger charge is -2.36. The van der Waals surface area contributed by atoms with Crippen molar-refractivity contribution in [2.75, 3.05) is 20.1 Å². The fourth-order valence-corrected chi connectivity index (χ4v) is 3.77. The van der Waals surface area contributed by atoms with Crippen molar-refractivity contribution in [3.63, 3.8) is 0 Å². The number of nitrogens with one attached hydrogen (secondary N) is 1. The van der Waals surface area contributed by atoms with Crippen LogP contribution in [0.25, 0.3) is 0 Å². The first kappa shape index (κ1) is 13.1. The number of piperidine rings is 2. The SMILES string of the molecule is CN1C(=O)CCC(NC2CCN3CCCCC23)C1=O. The molecule has 0 aliphatic carbocycles. The first-order valence-electron chi connectivity index (χ1n) is 7.47. The third kappa shape index (κ3) is 2.41. The number of rotatable bonds is 2. The lowest BCUT2D eigenvalue weighted by molar-refractivity contribution is -0.148. The summed E-state index contributed by atoms with van der Waals surface area (Å²) in [5.74, 6) is -0.0979. The number of amides is 2. The van der Waals surface area contributed by atoms with Crippen LogP contribution < -0.4 is 5.32 Å². The largest absolute Gasteiger partial charge is 0.301 e. The highest BCUT2D eigenvalue weighted by molar-refractivity contribution is 6.00. The Bertz CT molecular complexity index is 385. The standard InChI is InChI=1S/C14H23N3O2/c1-16-13(18)6-5-11(14(16)19)15-10-7-9-17-8-3-2-4-12(10)17/h10-12,15H,2-9H2,1H3. The molecule has 0 spiro atoms. The molecule has 5 heteroatoms. The Hall–Kier alpha value is -0.940. The number of nitrogens with zero attached hydrogens (tertiary/aromatic N) is 2. The zero-order chi connectivity index (χ0) is 13.4. The van der Waals surface area contributed by atoms with Crippen molar-refractivity contribution < 1.29 is 9.59 Å². The summed E-state index contributed by atoms with van der Waals surface area (Å²) >= 11 is 0. The Morgan fingerprint density at radius 2 is 1.95 bits per heavy atom. The second-order valence-corrected chi connectivity index (χ2v) is 6.04. The van der Waals surface area contributed by atoms with Crippen LogP contribution in [0.4, 0.5) is 0 Å². The van der Waals surface area contributed by atoms with Crippen LogP contribution in [-0.2, 0) is 9.59 Å². The summed E-state index contributed by atoms with van der Waals surface area (Å²) in [7, 11) is 1.60. The van der Waals surface area contributed by atoms with Crippen LogP contribution in [-0.4, -0.2) is 59.9 Å². The van der Waals surface area contributed by atoms with Gasteiger partial charge in [0.05, 0.1) is 6.04 Å². The van der Waals surface area contributed by atoms with Crippen molar-refractivity contribution in [1.82, 2.24) is 15.1 Å². The van der Waals surface area contributed by atoms with Crippen LogP contribution in [0.1, 0.15) is 38.5 Å². The maximum Gasteiger partial charge on any atom is 0.246 e. The van der Waals surface area contributed by atoms with Crippen LogP contribution in [0.15, 0.2) is 0 Å². The zero-order valence-corrected chi connectivity index (χ0v) is 11.6. The van der Waals surface area contributed by atoms with E-state index >= 15 is 0 Å². The van der Waals surface area contributed by atoms with Gasteiger partial charge in [-0.2, -0.15) is 0 Å². The molecule has 3 atom stereocenters. The summed E-state index contributed by atoms with van der Waals surface area (Å²) in [4.78, 5) is 27.4. The number of fused-ring (bicyclic) bond motifs is 1. The topological polar surface area (TPSA) is 52.7 Å². The molecule has 2 amide bonds. The van der Waals surface area contributed by atoms with Crippen LogP contribution in [0, 0.1) is 0 Å². The molecule has 5 nitrogen and oxygen atoms in total.